The maximum absolute atomic E-state index is 14.2. The lowest BCUT2D eigenvalue weighted by molar-refractivity contribution is -0.119. The fourth-order valence-electron chi connectivity index (χ4n) is 8.05. The van der Waals surface area contributed by atoms with Gasteiger partial charge in [0.05, 0.1) is 0 Å². The molecular formula is C43H48O3. The number of aryl methyl sites for hydroxylation is 1. The van der Waals surface area contributed by atoms with Crippen LogP contribution in [0, 0.1) is 24.2 Å². The molecule has 0 amide bonds. The lowest BCUT2D eigenvalue weighted by Crippen LogP contribution is -2.25. The van der Waals surface area contributed by atoms with Crippen LogP contribution < -0.4 is 0 Å². The maximum Gasteiger partial charge on any atom is 0.170 e. The summed E-state index contributed by atoms with van der Waals surface area (Å²) in [6.07, 6.45) is 26.2. The smallest absolute Gasteiger partial charge is 0.170 e. The van der Waals surface area contributed by atoms with Gasteiger partial charge in [-0.25, -0.2) is 0 Å². The zero-order chi connectivity index (χ0) is 32.4. The number of terminal acetylenes is 1. The van der Waals surface area contributed by atoms with Crippen LogP contribution in [0.4, 0.5) is 0 Å². The van der Waals surface area contributed by atoms with Gasteiger partial charge in [-0.1, -0.05) is 72.6 Å². The first-order valence-corrected chi connectivity index (χ1v) is 17.5. The average molecular weight is 613 g/mol. The molecule has 1 aromatic carbocycles. The summed E-state index contributed by atoms with van der Waals surface area (Å²) in [5, 5.41) is 0. The van der Waals surface area contributed by atoms with Crippen molar-refractivity contribution < 1.29 is 14.4 Å². The van der Waals surface area contributed by atoms with Crippen molar-refractivity contribution >= 4 is 17.3 Å². The molecule has 6 rings (SSSR count). The van der Waals surface area contributed by atoms with E-state index in [2.05, 4.69) is 43.7 Å². The number of benzene rings is 1. The van der Waals surface area contributed by atoms with Gasteiger partial charge in [0, 0.05) is 35.8 Å². The van der Waals surface area contributed by atoms with Gasteiger partial charge in [-0.05, 0) is 117 Å². The zero-order valence-electron chi connectivity index (χ0n) is 27.8. The van der Waals surface area contributed by atoms with Crippen LogP contribution in [0.15, 0.2) is 88.1 Å². The number of hydrogen-bond acceptors (Lipinski definition) is 3. The molecule has 0 N–H and O–H groups in total. The molecule has 2 unspecified atom stereocenters. The van der Waals surface area contributed by atoms with Crippen LogP contribution in [0.25, 0.3) is 0 Å². The van der Waals surface area contributed by atoms with Gasteiger partial charge in [-0.3, -0.25) is 14.4 Å². The van der Waals surface area contributed by atoms with E-state index < -0.39 is 0 Å². The Morgan fingerprint density at radius 2 is 1.96 bits per heavy atom. The van der Waals surface area contributed by atoms with Crippen molar-refractivity contribution in [3.8, 4) is 12.3 Å². The molecule has 3 nitrogen and oxygen atoms in total. The predicted molar refractivity (Wildman–Crippen MR) is 186 cm³/mol. The Morgan fingerprint density at radius 3 is 2.67 bits per heavy atom. The monoisotopic (exact) mass is 612 g/mol. The van der Waals surface area contributed by atoms with Crippen LogP contribution in [0.1, 0.15) is 125 Å². The first-order chi connectivity index (χ1) is 22.2. The molecule has 0 saturated heterocycles. The predicted octanol–water partition coefficient (Wildman–Crippen LogP) is 9.78. The van der Waals surface area contributed by atoms with Crippen molar-refractivity contribution in [2.24, 2.45) is 11.8 Å². The second-order valence-electron chi connectivity index (χ2n) is 14.7. The van der Waals surface area contributed by atoms with Gasteiger partial charge in [-0.2, -0.15) is 0 Å². The molecule has 0 aliphatic heterocycles. The molecule has 0 aromatic heterocycles. The first kappa shape index (κ1) is 32.2. The zero-order valence-corrected chi connectivity index (χ0v) is 27.8. The van der Waals surface area contributed by atoms with E-state index in [-0.39, 0.29) is 34.6 Å². The van der Waals surface area contributed by atoms with Crippen molar-refractivity contribution in [1.29, 1.82) is 0 Å². The van der Waals surface area contributed by atoms with Crippen LogP contribution in [-0.4, -0.2) is 17.3 Å². The number of carbonyl (C=O) groups is 3. The highest BCUT2D eigenvalue weighted by molar-refractivity contribution is 6.07. The molecule has 0 bridgehead atoms. The van der Waals surface area contributed by atoms with E-state index in [4.69, 9.17) is 6.42 Å². The fourth-order valence-corrected chi connectivity index (χ4v) is 8.05. The first-order valence-electron chi connectivity index (χ1n) is 17.5. The Labute approximate surface area is 275 Å². The Morgan fingerprint density at radius 1 is 1.13 bits per heavy atom. The van der Waals surface area contributed by atoms with Crippen LogP contribution in [-0.2, 0) is 21.4 Å². The van der Waals surface area contributed by atoms with Gasteiger partial charge in [0.15, 0.2) is 17.3 Å². The van der Waals surface area contributed by atoms with Gasteiger partial charge >= 0.3 is 0 Å². The van der Waals surface area contributed by atoms with E-state index in [0.717, 1.165) is 91.2 Å². The number of unbranched alkanes of at least 4 members (excludes halogenated alkanes) is 3. The number of hydrogen-bond donors (Lipinski definition) is 0. The molecule has 2 atom stereocenters. The van der Waals surface area contributed by atoms with Gasteiger partial charge in [0.1, 0.15) is 0 Å². The minimum Gasteiger partial charge on any atom is -0.295 e. The second-order valence-corrected chi connectivity index (χ2v) is 14.7. The standard InChI is InChI=1S/C43H48O3/c1-5-6-7-8-9-14-30-27-35(43(4)21-22-43)17-19-37(30)41(45)32-15-18-36-33(25-32)26-34-24-31(16-20-39(44)29-12-10-11-13-29)38(23-28(2)3)42(46)40(34)36/h1,10-12,17,19,24,27,32,38H,2,6-9,13-16,18,20-23,25-26H2,3-4H3. The van der Waals surface area contributed by atoms with Crippen LogP contribution >= 0.6 is 0 Å². The summed E-state index contributed by atoms with van der Waals surface area (Å²) in [6.45, 7) is 8.43. The highest BCUT2D eigenvalue weighted by atomic mass is 16.1. The number of fused-ring (bicyclic) bond motifs is 1. The second kappa shape index (κ2) is 13.5. The van der Waals surface area contributed by atoms with E-state index in [1.54, 1.807) is 0 Å². The Bertz CT molecular complexity index is 1670. The highest BCUT2D eigenvalue weighted by Crippen LogP contribution is 2.50. The van der Waals surface area contributed by atoms with E-state index >= 15 is 0 Å². The summed E-state index contributed by atoms with van der Waals surface area (Å²) < 4.78 is 0. The summed E-state index contributed by atoms with van der Waals surface area (Å²) >= 11 is 0. The molecule has 5 aliphatic carbocycles. The Hall–Kier alpha value is -3.77. The quantitative estimate of drug-likeness (QED) is 0.0909. The van der Waals surface area contributed by atoms with Crippen LogP contribution in [0.2, 0.25) is 0 Å². The molecule has 0 spiro atoms. The molecule has 0 heterocycles. The number of Topliss-reactive ketones (excluding diaryl/α,β-unsaturated/α-hetero) is 3. The third-order valence-corrected chi connectivity index (χ3v) is 11.1. The third-order valence-electron chi connectivity index (χ3n) is 11.1. The van der Waals surface area contributed by atoms with Crippen molar-refractivity contribution in [3.63, 3.8) is 0 Å². The molecule has 1 saturated carbocycles. The number of ketones is 3. The summed E-state index contributed by atoms with van der Waals surface area (Å²) in [5.74, 6) is 3.06. The van der Waals surface area contributed by atoms with Crippen LogP contribution in [0.3, 0.4) is 0 Å². The molecule has 3 heteroatoms. The number of rotatable bonds is 14. The summed E-state index contributed by atoms with van der Waals surface area (Å²) in [7, 11) is 0. The summed E-state index contributed by atoms with van der Waals surface area (Å²) in [5.41, 5.74) is 11.1. The molecule has 1 aromatic rings. The van der Waals surface area contributed by atoms with E-state index in [0.29, 0.717) is 25.7 Å². The van der Waals surface area contributed by atoms with Gasteiger partial charge in [0.25, 0.3) is 0 Å². The van der Waals surface area contributed by atoms with Crippen molar-refractivity contribution in [3.05, 3.63) is 105 Å². The molecular weight excluding hydrogens is 564 g/mol. The van der Waals surface area contributed by atoms with Crippen molar-refractivity contribution in [1.82, 2.24) is 0 Å². The number of allylic oxidation sites excluding steroid dienone is 11. The fraction of sp³-hybridized carbons (Fsp3) is 0.465. The average Bonchev–Trinajstić information content (AvgIpc) is 3.41. The summed E-state index contributed by atoms with van der Waals surface area (Å²) in [4.78, 5) is 41.2. The molecule has 238 valence electrons. The molecule has 0 radical (unpaired) electrons. The van der Waals surface area contributed by atoms with E-state index in [9.17, 15) is 14.4 Å². The molecule has 5 aliphatic rings. The van der Waals surface area contributed by atoms with Gasteiger partial charge < -0.3 is 0 Å². The van der Waals surface area contributed by atoms with Crippen molar-refractivity contribution in [2.75, 3.05) is 0 Å². The number of carbonyl (C=O) groups excluding carboxylic acids is 3. The lowest BCUT2D eigenvalue weighted by atomic mass is 9.74. The van der Waals surface area contributed by atoms with Gasteiger partial charge in [-0.15, -0.1) is 18.9 Å². The Kier molecular flexibility index (Phi) is 9.47. The Balaban J connectivity index is 1.18. The van der Waals surface area contributed by atoms with E-state index in [1.807, 2.05) is 25.2 Å². The van der Waals surface area contributed by atoms with Crippen LogP contribution in [0.5, 0.6) is 0 Å². The van der Waals surface area contributed by atoms with Gasteiger partial charge in [0.2, 0.25) is 0 Å². The minimum absolute atomic E-state index is 0.0571. The molecule has 1 fully saturated rings. The normalized spacial score (nSPS) is 22.7. The largest absolute Gasteiger partial charge is 0.295 e. The van der Waals surface area contributed by atoms with E-state index in [1.165, 1.54) is 35.1 Å². The highest BCUT2D eigenvalue weighted by Gasteiger charge is 2.41. The maximum atomic E-state index is 14.2. The topological polar surface area (TPSA) is 51.2 Å². The third kappa shape index (κ3) is 6.69. The van der Waals surface area contributed by atoms with Crippen molar-refractivity contribution in [2.45, 2.75) is 116 Å². The molecule has 46 heavy (non-hydrogen) atoms. The minimum atomic E-state index is -0.249. The SMILES string of the molecule is C#CCCCCCc1cc(C2(C)CC2)ccc1C(=O)C1CCC2=C(CC3=C2C(=O)C(CC(=C)C)C(CCC(=O)C2=CC=CC2)=C3)C1. The summed E-state index contributed by atoms with van der Waals surface area (Å²) in [6, 6.07) is 6.63. The lowest BCUT2D eigenvalue weighted by Gasteiger charge is -2.28.